The van der Waals surface area contributed by atoms with Gasteiger partial charge in [-0.15, -0.1) is 11.3 Å². The maximum Gasteiger partial charge on any atom is 0.101 e. The summed E-state index contributed by atoms with van der Waals surface area (Å²) >= 11 is 13.4. The van der Waals surface area contributed by atoms with Gasteiger partial charge in [-0.05, 0) is 25.1 Å². The molecule has 2 aromatic rings. The summed E-state index contributed by atoms with van der Waals surface area (Å²) in [5.41, 5.74) is 2.35. The van der Waals surface area contributed by atoms with Crippen molar-refractivity contribution in [2.45, 2.75) is 13.0 Å². The van der Waals surface area contributed by atoms with Crippen molar-refractivity contribution >= 4 is 40.2 Å². The van der Waals surface area contributed by atoms with Crippen molar-refractivity contribution in [3.63, 3.8) is 0 Å². The van der Waals surface area contributed by atoms with Crippen LogP contribution in [0.3, 0.4) is 0 Å². The van der Waals surface area contributed by atoms with E-state index >= 15 is 0 Å². The van der Waals surface area contributed by atoms with Crippen LogP contribution in [-0.4, -0.2) is 0 Å². The average molecular weight is 297 g/mol. The van der Waals surface area contributed by atoms with Crippen molar-refractivity contribution in [2.75, 3.05) is 5.32 Å². The van der Waals surface area contributed by atoms with Gasteiger partial charge in [0.25, 0.3) is 0 Å². The Morgan fingerprint density at radius 2 is 2.06 bits per heavy atom. The molecule has 1 heterocycles. The molecule has 92 valence electrons. The van der Waals surface area contributed by atoms with Crippen LogP contribution in [0.1, 0.15) is 24.1 Å². The minimum absolute atomic E-state index is 0.00394. The number of hydrogen-bond acceptors (Lipinski definition) is 3. The van der Waals surface area contributed by atoms with Gasteiger partial charge < -0.3 is 5.32 Å². The molecule has 5 heteroatoms. The average Bonchev–Trinajstić information content (AvgIpc) is 2.69. The highest BCUT2D eigenvalue weighted by molar-refractivity contribution is 7.20. The second kappa shape index (κ2) is 5.62. The first-order valence-corrected chi connectivity index (χ1v) is 6.89. The molecule has 1 aromatic heterocycles. The Labute approximate surface area is 120 Å². The molecule has 1 aromatic carbocycles. The number of nitrogens with one attached hydrogen (secondary N) is 1. The zero-order valence-electron chi connectivity index (χ0n) is 9.58. The zero-order valence-corrected chi connectivity index (χ0v) is 11.9. The van der Waals surface area contributed by atoms with Gasteiger partial charge in [-0.1, -0.05) is 35.3 Å². The highest BCUT2D eigenvalue weighted by Crippen LogP contribution is 2.36. The Morgan fingerprint density at radius 1 is 1.33 bits per heavy atom. The normalized spacial score (nSPS) is 11.9. The maximum absolute atomic E-state index is 9.03. The van der Waals surface area contributed by atoms with Crippen LogP contribution in [0, 0.1) is 11.3 Å². The Hall–Kier alpha value is -1.21. The molecule has 0 bridgehead atoms. The summed E-state index contributed by atoms with van der Waals surface area (Å²) < 4.78 is 1.34. The molecule has 1 N–H and O–H groups in total. The summed E-state index contributed by atoms with van der Waals surface area (Å²) in [6, 6.07) is 11.4. The van der Waals surface area contributed by atoms with E-state index in [1.807, 2.05) is 31.2 Å². The Kier molecular flexibility index (Phi) is 4.13. The van der Waals surface area contributed by atoms with E-state index in [-0.39, 0.29) is 6.04 Å². The fraction of sp³-hybridized carbons (Fsp3) is 0.154. The lowest BCUT2D eigenvalue weighted by atomic mass is 10.1. The molecule has 0 radical (unpaired) electrons. The standard InChI is InChI=1S/C13H10Cl2N2S/c1-8(10-6-12(14)18-13(10)15)17-11-5-3-2-4-9(11)7-16/h2-6,8,17H,1H3. The van der Waals surface area contributed by atoms with E-state index in [2.05, 4.69) is 11.4 Å². The van der Waals surface area contributed by atoms with Crippen LogP contribution < -0.4 is 5.32 Å². The first-order valence-electron chi connectivity index (χ1n) is 5.32. The highest BCUT2D eigenvalue weighted by Gasteiger charge is 2.14. The molecule has 18 heavy (non-hydrogen) atoms. The van der Waals surface area contributed by atoms with Crippen molar-refractivity contribution in [3.05, 3.63) is 50.1 Å². The third-order valence-electron chi connectivity index (χ3n) is 2.57. The van der Waals surface area contributed by atoms with Gasteiger partial charge in [0, 0.05) is 5.56 Å². The predicted molar refractivity (Wildman–Crippen MR) is 77.5 cm³/mol. The summed E-state index contributed by atoms with van der Waals surface area (Å²) in [6.45, 7) is 1.98. The first kappa shape index (κ1) is 13.2. The SMILES string of the molecule is CC(Nc1ccccc1C#N)c1cc(Cl)sc1Cl. The summed E-state index contributed by atoms with van der Waals surface area (Å²) in [6.07, 6.45) is 0. The van der Waals surface area contributed by atoms with E-state index in [0.717, 1.165) is 11.3 Å². The number of benzene rings is 1. The smallest absolute Gasteiger partial charge is 0.101 e. The fourth-order valence-electron chi connectivity index (χ4n) is 1.67. The molecule has 0 fully saturated rings. The van der Waals surface area contributed by atoms with E-state index in [1.165, 1.54) is 11.3 Å². The topological polar surface area (TPSA) is 35.8 Å². The van der Waals surface area contributed by atoms with Gasteiger partial charge in [0.1, 0.15) is 6.07 Å². The Balaban J connectivity index is 2.24. The van der Waals surface area contributed by atoms with E-state index in [9.17, 15) is 0 Å². The second-order valence-corrected chi connectivity index (χ2v) is 6.09. The first-order chi connectivity index (χ1) is 8.61. The number of halogens is 2. The number of para-hydroxylation sites is 1. The lowest BCUT2D eigenvalue weighted by molar-refractivity contribution is 0.890. The van der Waals surface area contributed by atoms with Gasteiger partial charge in [-0.3, -0.25) is 0 Å². The van der Waals surface area contributed by atoms with Gasteiger partial charge in [0.15, 0.2) is 0 Å². The molecule has 0 aliphatic rings. The minimum Gasteiger partial charge on any atom is -0.377 e. The van der Waals surface area contributed by atoms with Gasteiger partial charge >= 0.3 is 0 Å². The molecular formula is C13H10Cl2N2S. The van der Waals surface area contributed by atoms with Crippen molar-refractivity contribution in [1.82, 2.24) is 0 Å². The van der Waals surface area contributed by atoms with Crippen LogP contribution in [-0.2, 0) is 0 Å². The van der Waals surface area contributed by atoms with Gasteiger partial charge in [0.05, 0.1) is 26.0 Å². The lowest BCUT2D eigenvalue weighted by Crippen LogP contribution is -2.07. The van der Waals surface area contributed by atoms with Gasteiger partial charge in [0.2, 0.25) is 0 Å². The summed E-state index contributed by atoms with van der Waals surface area (Å²) in [7, 11) is 0. The van der Waals surface area contributed by atoms with Crippen LogP contribution in [0.5, 0.6) is 0 Å². The second-order valence-electron chi connectivity index (χ2n) is 3.80. The third kappa shape index (κ3) is 2.78. The zero-order chi connectivity index (χ0) is 13.1. The lowest BCUT2D eigenvalue weighted by Gasteiger charge is -2.15. The molecule has 2 nitrogen and oxygen atoms in total. The molecular weight excluding hydrogens is 287 g/mol. The summed E-state index contributed by atoms with van der Waals surface area (Å²) in [5, 5.41) is 12.3. The van der Waals surface area contributed by atoms with Crippen molar-refractivity contribution in [2.24, 2.45) is 0 Å². The fourth-order valence-corrected chi connectivity index (χ4v) is 3.31. The molecule has 0 aliphatic heterocycles. The largest absolute Gasteiger partial charge is 0.377 e. The van der Waals surface area contributed by atoms with Crippen LogP contribution >= 0.6 is 34.5 Å². The van der Waals surface area contributed by atoms with E-state index in [4.69, 9.17) is 28.5 Å². The van der Waals surface area contributed by atoms with Gasteiger partial charge in [-0.2, -0.15) is 5.26 Å². The molecule has 0 saturated heterocycles. The number of hydrogen-bond donors (Lipinski definition) is 1. The van der Waals surface area contributed by atoms with Crippen LogP contribution in [0.25, 0.3) is 0 Å². The predicted octanol–water partition coefficient (Wildman–Crippen LogP) is 5.10. The molecule has 1 atom stereocenters. The van der Waals surface area contributed by atoms with Crippen molar-refractivity contribution in [1.29, 1.82) is 5.26 Å². The molecule has 1 unspecified atom stereocenters. The van der Waals surface area contributed by atoms with Crippen molar-refractivity contribution < 1.29 is 0 Å². The van der Waals surface area contributed by atoms with Crippen LogP contribution in [0.15, 0.2) is 30.3 Å². The molecule has 0 aliphatic carbocycles. The summed E-state index contributed by atoms with van der Waals surface area (Å²) in [5.74, 6) is 0. The van der Waals surface area contributed by atoms with Gasteiger partial charge in [-0.25, -0.2) is 0 Å². The van der Waals surface area contributed by atoms with E-state index in [0.29, 0.717) is 14.2 Å². The number of nitrogens with zero attached hydrogens (tertiary/aromatic N) is 1. The van der Waals surface area contributed by atoms with Crippen LogP contribution in [0.4, 0.5) is 5.69 Å². The highest BCUT2D eigenvalue weighted by atomic mass is 35.5. The van der Waals surface area contributed by atoms with Crippen LogP contribution in [0.2, 0.25) is 8.67 Å². The van der Waals surface area contributed by atoms with E-state index < -0.39 is 0 Å². The van der Waals surface area contributed by atoms with E-state index in [1.54, 1.807) is 6.07 Å². The molecule has 0 spiro atoms. The molecule has 0 saturated carbocycles. The van der Waals surface area contributed by atoms with Crippen molar-refractivity contribution in [3.8, 4) is 6.07 Å². The molecule has 2 rings (SSSR count). The number of nitriles is 1. The maximum atomic E-state index is 9.03. The Bertz CT molecular complexity index is 601. The number of anilines is 1. The molecule has 0 amide bonds. The quantitative estimate of drug-likeness (QED) is 0.855. The third-order valence-corrected chi connectivity index (χ3v) is 4.09. The number of rotatable bonds is 3. The Morgan fingerprint density at radius 3 is 2.67 bits per heavy atom. The number of thiophene rings is 1. The monoisotopic (exact) mass is 296 g/mol. The minimum atomic E-state index is -0.00394. The summed E-state index contributed by atoms with van der Waals surface area (Å²) in [4.78, 5) is 0.